The lowest BCUT2D eigenvalue weighted by Crippen LogP contribution is -2.15. The highest BCUT2D eigenvalue weighted by Crippen LogP contribution is 2.25. The summed E-state index contributed by atoms with van der Waals surface area (Å²) in [5.41, 5.74) is -0.674. The lowest BCUT2D eigenvalue weighted by atomic mass is 9.99. The van der Waals surface area contributed by atoms with Crippen molar-refractivity contribution in [3.63, 3.8) is 0 Å². The number of aliphatic hydroxyl groups is 1. The molecule has 0 bridgehead atoms. The van der Waals surface area contributed by atoms with E-state index < -0.39 is 16.3 Å². The summed E-state index contributed by atoms with van der Waals surface area (Å²) < 4.78 is 19.1. The topological polar surface area (TPSA) is 72.6 Å². The van der Waals surface area contributed by atoms with Crippen LogP contribution in [0.1, 0.15) is 25.0 Å². The lowest BCUT2D eigenvalue weighted by molar-refractivity contribution is -0.386. The summed E-state index contributed by atoms with van der Waals surface area (Å²) in [6.07, 6.45) is 0. The average molecular weight is 305 g/mol. The zero-order valence-electron chi connectivity index (χ0n) is 12.2. The van der Waals surface area contributed by atoms with E-state index in [9.17, 15) is 19.6 Å². The van der Waals surface area contributed by atoms with E-state index in [4.69, 9.17) is 4.74 Å². The van der Waals surface area contributed by atoms with Crippen molar-refractivity contribution in [3.05, 3.63) is 69.5 Å². The molecule has 0 unspecified atom stereocenters. The molecule has 6 heteroatoms. The van der Waals surface area contributed by atoms with Crippen LogP contribution in [-0.2, 0) is 12.2 Å². The van der Waals surface area contributed by atoms with Crippen molar-refractivity contribution in [1.82, 2.24) is 0 Å². The molecule has 0 saturated carbocycles. The van der Waals surface area contributed by atoms with Gasteiger partial charge in [-0.05, 0) is 37.6 Å². The van der Waals surface area contributed by atoms with Crippen molar-refractivity contribution >= 4 is 5.69 Å². The molecule has 0 spiro atoms. The molecule has 0 aromatic heterocycles. The average Bonchev–Trinajstić information content (AvgIpc) is 2.45. The van der Waals surface area contributed by atoms with Crippen LogP contribution in [0.4, 0.5) is 10.1 Å². The molecule has 2 aromatic carbocycles. The van der Waals surface area contributed by atoms with Crippen LogP contribution in [0.5, 0.6) is 5.75 Å². The molecule has 0 heterocycles. The normalized spacial score (nSPS) is 11.3. The van der Waals surface area contributed by atoms with E-state index in [-0.39, 0.29) is 17.9 Å². The van der Waals surface area contributed by atoms with Gasteiger partial charge in [-0.2, -0.15) is 0 Å². The van der Waals surface area contributed by atoms with Crippen molar-refractivity contribution in [2.75, 3.05) is 0 Å². The smallest absolute Gasteiger partial charge is 0.278 e. The molecule has 0 amide bonds. The van der Waals surface area contributed by atoms with Crippen LogP contribution in [0, 0.1) is 15.9 Å². The Labute approximate surface area is 127 Å². The van der Waals surface area contributed by atoms with E-state index in [1.54, 1.807) is 38.1 Å². The Bertz CT molecular complexity index is 678. The van der Waals surface area contributed by atoms with Crippen molar-refractivity contribution in [2.24, 2.45) is 0 Å². The van der Waals surface area contributed by atoms with Gasteiger partial charge in [-0.15, -0.1) is 0 Å². The molecule has 116 valence electrons. The second-order valence-electron chi connectivity index (χ2n) is 5.37. The second-order valence-corrected chi connectivity index (χ2v) is 5.37. The fraction of sp³-hybridized carbons (Fsp3) is 0.250. The summed E-state index contributed by atoms with van der Waals surface area (Å²) in [4.78, 5) is 10.3. The van der Waals surface area contributed by atoms with Crippen molar-refractivity contribution in [1.29, 1.82) is 0 Å². The first kappa shape index (κ1) is 15.9. The van der Waals surface area contributed by atoms with Gasteiger partial charge in [0.1, 0.15) is 23.7 Å². The number of hydrogen-bond acceptors (Lipinski definition) is 4. The summed E-state index contributed by atoms with van der Waals surface area (Å²) in [5.74, 6) is -0.243. The molecule has 0 aliphatic heterocycles. The Balaban J connectivity index is 2.16. The number of hydrogen-bond donors (Lipinski definition) is 1. The Morgan fingerprint density at radius 3 is 2.41 bits per heavy atom. The van der Waals surface area contributed by atoms with Crippen LogP contribution in [0.3, 0.4) is 0 Å². The molecule has 2 aromatic rings. The Morgan fingerprint density at radius 1 is 1.23 bits per heavy atom. The standard InChI is InChI=1S/C16H16FNO4/c1-16(2,19)11-6-8-12(9-7-11)22-10-13-14(17)4-3-5-15(13)18(20)21/h3-9,19H,10H2,1-2H3. The van der Waals surface area contributed by atoms with Gasteiger partial charge in [-0.25, -0.2) is 4.39 Å². The predicted molar refractivity (Wildman–Crippen MR) is 79.1 cm³/mol. The maximum absolute atomic E-state index is 13.7. The van der Waals surface area contributed by atoms with Gasteiger partial charge in [-0.1, -0.05) is 18.2 Å². The largest absolute Gasteiger partial charge is 0.489 e. The Morgan fingerprint density at radius 2 is 1.86 bits per heavy atom. The van der Waals surface area contributed by atoms with E-state index in [0.717, 1.165) is 6.07 Å². The van der Waals surface area contributed by atoms with E-state index in [1.165, 1.54) is 12.1 Å². The number of nitro groups is 1. The Kier molecular flexibility index (Phi) is 4.42. The van der Waals surface area contributed by atoms with Crippen molar-refractivity contribution in [3.8, 4) is 5.75 Å². The van der Waals surface area contributed by atoms with Crippen LogP contribution in [0.15, 0.2) is 42.5 Å². The SMILES string of the molecule is CC(C)(O)c1ccc(OCc2c(F)cccc2[N+](=O)[O-])cc1. The molecular formula is C16H16FNO4. The van der Waals surface area contributed by atoms with Crippen molar-refractivity contribution < 1.29 is 19.2 Å². The van der Waals surface area contributed by atoms with Crippen LogP contribution >= 0.6 is 0 Å². The third-order valence-corrected chi connectivity index (χ3v) is 3.23. The molecule has 5 nitrogen and oxygen atoms in total. The van der Waals surface area contributed by atoms with Crippen molar-refractivity contribution in [2.45, 2.75) is 26.1 Å². The molecule has 2 rings (SSSR count). The first-order valence-corrected chi connectivity index (χ1v) is 6.66. The third-order valence-electron chi connectivity index (χ3n) is 3.23. The molecule has 0 fully saturated rings. The highest BCUT2D eigenvalue weighted by atomic mass is 19.1. The molecule has 22 heavy (non-hydrogen) atoms. The number of nitro benzene ring substituents is 1. The monoisotopic (exact) mass is 305 g/mol. The van der Waals surface area contributed by atoms with Gasteiger partial charge in [0.25, 0.3) is 5.69 Å². The van der Waals surface area contributed by atoms with E-state index in [2.05, 4.69) is 0 Å². The minimum atomic E-state index is -0.969. The number of halogens is 1. The summed E-state index contributed by atoms with van der Waals surface area (Å²) in [5, 5.41) is 20.8. The van der Waals surface area contributed by atoms with Gasteiger partial charge in [0.15, 0.2) is 0 Å². The van der Waals surface area contributed by atoms with Gasteiger partial charge in [-0.3, -0.25) is 10.1 Å². The van der Waals surface area contributed by atoms with Gasteiger partial charge in [0.05, 0.1) is 10.5 Å². The number of benzene rings is 2. The number of nitrogens with zero attached hydrogens (tertiary/aromatic N) is 1. The zero-order chi connectivity index (χ0) is 16.3. The number of rotatable bonds is 5. The lowest BCUT2D eigenvalue weighted by Gasteiger charge is -2.18. The first-order chi connectivity index (χ1) is 10.3. The fourth-order valence-corrected chi connectivity index (χ4v) is 1.98. The van der Waals surface area contributed by atoms with Gasteiger partial charge < -0.3 is 9.84 Å². The zero-order valence-corrected chi connectivity index (χ0v) is 12.2. The molecule has 1 N–H and O–H groups in total. The fourth-order valence-electron chi connectivity index (χ4n) is 1.98. The van der Waals surface area contributed by atoms with Crippen LogP contribution in [0.25, 0.3) is 0 Å². The molecule has 0 atom stereocenters. The highest BCUT2D eigenvalue weighted by Gasteiger charge is 2.19. The molecule has 0 radical (unpaired) electrons. The molecule has 0 saturated heterocycles. The van der Waals surface area contributed by atoms with Crippen LogP contribution in [-0.4, -0.2) is 10.0 Å². The van der Waals surface area contributed by atoms with Gasteiger partial charge in [0.2, 0.25) is 0 Å². The molecule has 0 aliphatic rings. The van der Waals surface area contributed by atoms with Crippen LogP contribution in [0.2, 0.25) is 0 Å². The van der Waals surface area contributed by atoms with E-state index >= 15 is 0 Å². The Hall–Kier alpha value is -2.47. The van der Waals surface area contributed by atoms with E-state index in [1.807, 2.05) is 0 Å². The molecule has 0 aliphatic carbocycles. The maximum atomic E-state index is 13.7. The maximum Gasteiger partial charge on any atom is 0.278 e. The van der Waals surface area contributed by atoms with E-state index in [0.29, 0.717) is 11.3 Å². The molecular weight excluding hydrogens is 289 g/mol. The minimum absolute atomic E-state index is 0.0981. The van der Waals surface area contributed by atoms with Crippen LogP contribution < -0.4 is 4.74 Å². The third kappa shape index (κ3) is 3.59. The minimum Gasteiger partial charge on any atom is -0.489 e. The number of ether oxygens (including phenoxy) is 1. The highest BCUT2D eigenvalue weighted by molar-refractivity contribution is 5.41. The summed E-state index contributed by atoms with van der Waals surface area (Å²) in [7, 11) is 0. The summed E-state index contributed by atoms with van der Waals surface area (Å²) >= 11 is 0. The summed E-state index contributed by atoms with van der Waals surface area (Å²) in [6, 6.07) is 10.3. The summed E-state index contributed by atoms with van der Waals surface area (Å²) in [6.45, 7) is 3.07. The van der Waals surface area contributed by atoms with Gasteiger partial charge >= 0.3 is 0 Å². The first-order valence-electron chi connectivity index (χ1n) is 6.66. The second kappa shape index (κ2) is 6.11. The van der Waals surface area contributed by atoms with Gasteiger partial charge in [0, 0.05) is 6.07 Å². The quantitative estimate of drug-likeness (QED) is 0.677. The predicted octanol–water partition coefficient (Wildman–Crippen LogP) is 3.54.